The Bertz CT molecular complexity index is 352. The maximum atomic E-state index is 11.4. The van der Waals surface area contributed by atoms with Gasteiger partial charge < -0.3 is 10.6 Å². The maximum absolute atomic E-state index is 11.4. The van der Waals surface area contributed by atoms with Crippen molar-refractivity contribution in [2.75, 3.05) is 24.6 Å². The third-order valence-corrected chi connectivity index (χ3v) is 4.60. The molecule has 1 unspecified atom stereocenters. The number of carbonyl (C=O) groups is 1. The van der Waals surface area contributed by atoms with Crippen LogP contribution in [0.2, 0.25) is 0 Å². The van der Waals surface area contributed by atoms with Gasteiger partial charge in [0, 0.05) is 12.6 Å². The molecule has 6 heteroatoms. The summed E-state index contributed by atoms with van der Waals surface area (Å²) in [5, 5.41) is 5.79. The van der Waals surface area contributed by atoms with Crippen molar-refractivity contribution in [1.29, 1.82) is 0 Å². The van der Waals surface area contributed by atoms with E-state index in [2.05, 4.69) is 24.5 Å². The fraction of sp³-hybridized carbons (Fsp3) is 0.909. The second-order valence-electron chi connectivity index (χ2n) is 5.01. The summed E-state index contributed by atoms with van der Waals surface area (Å²) in [6, 6.07) is -0.0594. The predicted molar refractivity (Wildman–Crippen MR) is 67.5 cm³/mol. The Balaban J connectivity index is 2.12. The molecule has 0 radical (unpaired) electrons. The number of amides is 1. The minimum absolute atomic E-state index is 0.0594. The van der Waals surface area contributed by atoms with Crippen LogP contribution in [0.4, 0.5) is 0 Å². The molecular formula is C11H22N2O3S. The fourth-order valence-electron chi connectivity index (χ4n) is 1.76. The molecule has 0 aromatic carbocycles. The predicted octanol–water partition coefficient (Wildman–Crippen LogP) is -0.0746. The molecular weight excluding hydrogens is 240 g/mol. The lowest BCUT2D eigenvalue weighted by Gasteiger charge is -2.11. The molecule has 1 amide bonds. The Hall–Kier alpha value is -0.620. The Kier molecular flexibility index (Phi) is 5.39. The molecule has 1 saturated heterocycles. The van der Waals surface area contributed by atoms with Gasteiger partial charge in [0.25, 0.3) is 0 Å². The molecule has 2 N–H and O–H groups in total. The van der Waals surface area contributed by atoms with Gasteiger partial charge in [0.15, 0.2) is 9.84 Å². The van der Waals surface area contributed by atoms with Gasteiger partial charge in [-0.25, -0.2) is 8.42 Å². The topological polar surface area (TPSA) is 75.3 Å². The number of rotatable bonds is 6. The monoisotopic (exact) mass is 262 g/mol. The zero-order chi connectivity index (χ0) is 12.9. The molecule has 1 rings (SSSR count). The standard InChI is InChI=1S/C11H22N2O3S/c1-9(2)3-5-12-11(14)7-13-10-4-6-17(15,16)8-10/h9-10,13H,3-8H2,1-2H3,(H,12,14). The van der Waals surface area contributed by atoms with E-state index in [-0.39, 0.29) is 30.0 Å². The van der Waals surface area contributed by atoms with Gasteiger partial charge in [-0.05, 0) is 18.8 Å². The molecule has 1 aliphatic rings. The van der Waals surface area contributed by atoms with Crippen molar-refractivity contribution in [3.8, 4) is 0 Å². The van der Waals surface area contributed by atoms with E-state index in [0.29, 0.717) is 18.9 Å². The summed E-state index contributed by atoms with van der Waals surface area (Å²) < 4.78 is 22.4. The largest absolute Gasteiger partial charge is 0.355 e. The van der Waals surface area contributed by atoms with Gasteiger partial charge in [0.05, 0.1) is 18.1 Å². The molecule has 5 nitrogen and oxygen atoms in total. The first kappa shape index (κ1) is 14.4. The van der Waals surface area contributed by atoms with E-state index in [1.165, 1.54) is 0 Å². The molecule has 1 atom stereocenters. The summed E-state index contributed by atoms with van der Waals surface area (Å²) in [6.07, 6.45) is 1.57. The zero-order valence-corrected chi connectivity index (χ0v) is 11.3. The highest BCUT2D eigenvalue weighted by atomic mass is 32.2. The maximum Gasteiger partial charge on any atom is 0.233 e. The van der Waals surface area contributed by atoms with Crippen LogP contribution in [0.15, 0.2) is 0 Å². The Morgan fingerprint density at radius 3 is 2.65 bits per heavy atom. The number of hydrogen-bond donors (Lipinski definition) is 2. The normalized spacial score (nSPS) is 22.9. The van der Waals surface area contributed by atoms with Gasteiger partial charge in [0.1, 0.15) is 0 Å². The lowest BCUT2D eigenvalue weighted by molar-refractivity contribution is -0.120. The first-order valence-corrected chi connectivity index (χ1v) is 7.91. The molecule has 100 valence electrons. The van der Waals surface area contributed by atoms with E-state index in [4.69, 9.17) is 0 Å². The highest BCUT2D eigenvalue weighted by Crippen LogP contribution is 2.10. The third-order valence-electron chi connectivity index (χ3n) is 2.83. The molecule has 0 spiro atoms. The quantitative estimate of drug-likeness (QED) is 0.702. The van der Waals surface area contributed by atoms with Crippen molar-refractivity contribution in [2.45, 2.75) is 32.7 Å². The second kappa shape index (κ2) is 6.35. The first-order valence-electron chi connectivity index (χ1n) is 6.09. The van der Waals surface area contributed by atoms with Gasteiger partial charge in [0.2, 0.25) is 5.91 Å². The lowest BCUT2D eigenvalue weighted by atomic mass is 10.1. The van der Waals surface area contributed by atoms with E-state index in [1.54, 1.807) is 0 Å². The van der Waals surface area contributed by atoms with E-state index in [1.807, 2.05) is 0 Å². The third kappa shape index (κ3) is 6.02. The molecule has 1 fully saturated rings. The number of sulfone groups is 1. The Morgan fingerprint density at radius 2 is 2.12 bits per heavy atom. The van der Waals surface area contributed by atoms with E-state index in [0.717, 1.165) is 6.42 Å². The highest BCUT2D eigenvalue weighted by molar-refractivity contribution is 7.91. The van der Waals surface area contributed by atoms with E-state index >= 15 is 0 Å². The molecule has 0 aromatic heterocycles. The zero-order valence-electron chi connectivity index (χ0n) is 10.5. The van der Waals surface area contributed by atoms with Crippen molar-refractivity contribution in [3.05, 3.63) is 0 Å². The van der Waals surface area contributed by atoms with Crippen LogP contribution in [-0.4, -0.2) is 45.0 Å². The van der Waals surface area contributed by atoms with Crippen LogP contribution in [0.5, 0.6) is 0 Å². The number of carbonyl (C=O) groups excluding carboxylic acids is 1. The summed E-state index contributed by atoms with van der Waals surface area (Å²) in [4.78, 5) is 11.4. The number of nitrogens with one attached hydrogen (secondary N) is 2. The minimum Gasteiger partial charge on any atom is -0.355 e. The van der Waals surface area contributed by atoms with Crippen LogP contribution in [0.3, 0.4) is 0 Å². The van der Waals surface area contributed by atoms with Crippen molar-refractivity contribution >= 4 is 15.7 Å². The molecule has 1 aliphatic heterocycles. The summed E-state index contributed by atoms with van der Waals surface area (Å²) >= 11 is 0. The van der Waals surface area contributed by atoms with Gasteiger partial charge in [-0.3, -0.25) is 4.79 Å². The summed E-state index contributed by atoms with van der Waals surface area (Å²) in [7, 11) is -2.87. The minimum atomic E-state index is -2.87. The van der Waals surface area contributed by atoms with Crippen LogP contribution in [0, 0.1) is 5.92 Å². The van der Waals surface area contributed by atoms with Crippen LogP contribution >= 0.6 is 0 Å². The highest BCUT2D eigenvalue weighted by Gasteiger charge is 2.27. The molecule has 0 aromatic rings. The SMILES string of the molecule is CC(C)CCNC(=O)CNC1CCS(=O)(=O)C1. The summed E-state index contributed by atoms with van der Waals surface area (Å²) in [6.45, 7) is 5.10. The molecule has 0 saturated carbocycles. The summed E-state index contributed by atoms with van der Waals surface area (Å²) in [5.74, 6) is 0.907. The first-order chi connectivity index (χ1) is 7.89. The van der Waals surface area contributed by atoms with Gasteiger partial charge in [-0.1, -0.05) is 13.8 Å². The Labute approximate surface area is 103 Å². The fourth-order valence-corrected chi connectivity index (χ4v) is 3.46. The number of hydrogen-bond acceptors (Lipinski definition) is 4. The lowest BCUT2D eigenvalue weighted by Crippen LogP contribution is -2.40. The smallest absolute Gasteiger partial charge is 0.233 e. The van der Waals surface area contributed by atoms with Crippen molar-refractivity contribution in [2.24, 2.45) is 5.92 Å². The molecule has 0 bridgehead atoms. The summed E-state index contributed by atoms with van der Waals surface area (Å²) in [5.41, 5.74) is 0. The van der Waals surface area contributed by atoms with E-state index < -0.39 is 9.84 Å². The average Bonchev–Trinajstić information content (AvgIpc) is 2.55. The average molecular weight is 262 g/mol. The Morgan fingerprint density at radius 1 is 1.41 bits per heavy atom. The van der Waals surface area contributed by atoms with Crippen molar-refractivity contribution in [1.82, 2.24) is 10.6 Å². The van der Waals surface area contributed by atoms with Crippen molar-refractivity contribution < 1.29 is 13.2 Å². The van der Waals surface area contributed by atoms with Crippen LogP contribution in [-0.2, 0) is 14.6 Å². The van der Waals surface area contributed by atoms with Gasteiger partial charge >= 0.3 is 0 Å². The molecule has 0 aliphatic carbocycles. The van der Waals surface area contributed by atoms with Gasteiger partial charge in [-0.2, -0.15) is 0 Å². The molecule has 1 heterocycles. The molecule has 17 heavy (non-hydrogen) atoms. The second-order valence-corrected chi connectivity index (χ2v) is 7.24. The van der Waals surface area contributed by atoms with Crippen LogP contribution in [0.1, 0.15) is 26.7 Å². The van der Waals surface area contributed by atoms with E-state index in [9.17, 15) is 13.2 Å². The van der Waals surface area contributed by atoms with Gasteiger partial charge in [-0.15, -0.1) is 0 Å². The van der Waals surface area contributed by atoms with Crippen molar-refractivity contribution in [3.63, 3.8) is 0 Å². The van der Waals surface area contributed by atoms with Crippen LogP contribution in [0.25, 0.3) is 0 Å². The van der Waals surface area contributed by atoms with Crippen LogP contribution < -0.4 is 10.6 Å².